The maximum atomic E-state index is 12.1. The first-order valence-electron chi connectivity index (χ1n) is 5.83. The second-order valence-electron chi connectivity index (χ2n) is 4.33. The van der Waals surface area contributed by atoms with Gasteiger partial charge in [-0.1, -0.05) is 25.1 Å². The molecule has 1 N–H and O–H groups in total. The Morgan fingerprint density at radius 1 is 1.53 bits per heavy atom. The van der Waals surface area contributed by atoms with Gasteiger partial charge in [-0.3, -0.25) is 4.79 Å². The van der Waals surface area contributed by atoms with Gasteiger partial charge in [0.15, 0.2) is 0 Å². The van der Waals surface area contributed by atoms with E-state index in [0.29, 0.717) is 17.2 Å². The molecule has 4 heteroatoms. The molecule has 1 fully saturated rings. The van der Waals surface area contributed by atoms with Crippen LogP contribution in [0.25, 0.3) is 0 Å². The molecule has 1 aliphatic heterocycles. The lowest BCUT2D eigenvalue weighted by Crippen LogP contribution is -2.41. The normalized spacial score (nSPS) is 20.3. The van der Waals surface area contributed by atoms with Crippen LogP contribution in [0.2, 0.25) is 0 Å². The molecule has 1 aliphatic rings. The van der Waals surface area contributed by atoms with Crippen molar-refractivity contribution in [2.24, 2.45) is 0 Å². The summed E-state index contributed by atoms with van der Waals surface area (Å²) >= 11 is 1.91. The number of rotatable bonds is 2. The fourth-order valence-corrected chi connectivity index (χ4v) is 2.99. The van der Waals surface area contributed by atoms with Gasteiger partial charge in [0.1, 0.15) is 5.75 Å². The molecule has 1 unspecified atom stereocenters. The molecule has 0 aliphatic carbocycles. The summed E-state index contributed by atoms with van der Waals surface area (Å²) in [4.78, 5) is 14.0. The van der Waals surface area contributed by atoms with Gasteiger partial charge in [-0.25, -0.2) is 0 Å². The van der Waals surface area contributed by atoms with E-state index >= 15 is 0 Å². The van der Waals surface area contributed by atoms with E-state index < -0.39 is 0 Å². The smallest absolute Gasteiger partial charge is 0.227 e. The molecule has 0 bridgehead atoms. The highest BCUT2D eigenvalue weighted by Crippen LogP contribution is 2.21. The van der Waals surface area contributed by atoms with Crippen LogP contribution in [0, 0.1) is 0 Å². The van der Waals surface area contributed by atoms with Crippen molar-refractivity contribution in [1.82, 2.24) is 4.90 Å². The maximum absolute atomic E-state index is 12.1. The minimum Gasteiger partial charge on any atom is -0.508 e. The van der Waals surface area contributed by atoms with E-state index in [4.69, 9.17) is 0 Å². The van der Waals surface area contributed by atoms with Gasteiger partial charge in [0.05, 0.1) is 6.42 Å². The van der Waals surface area contributed by atoms with Crippen LogP contribution < -0.4 is 0 Å². The number of amides is 1. The molecule has 1 saturated heterocycles. The van der Waals surface area contributed by atoms with E-state index in [-0.39, 0.29) is 11.7 Å². The molecule has 1 aromatic carbocycles. The zero-order chi connectivity index (χ0) is 12.3. The lowest BCUT2D eigenvalue weighted by Gasteiger charge is -2.30. The molecule has 1 aromatic rings. The summed E-state index contributed by atoms with van der Waals surface area (Å²) in [6, 6.07) is 7.03. The predicted octanol–water partition coefficient (Wildman–Crippen LogP) is 1.90. The average Bonchev–Trinajstić information content (AvgIpc) is 2.32. The summed E-state index contributed by atoms with van der Waals surface area (Å²) in [5.74, 6) is 1.33. The number of hydrogen-bond donors (Lipinski definition) is 1. The average molecular weight is 251 g/mol. The Hall–Kier alpha value is -1.16. The van der Waals surface area contributed by atoms with Crippen molar-refractivity contribution >= 4 is 17.7 Å². The van der Waals surface area contributed by atoms with Gasteiger partial charge in [-0.05, 0) is 6.07 Å². The van der Waals surface area contributed by atoms with Crippen LogP contribution in [-0.4, -0.2) is 40.0 Å². The first-order valence-corrected chi connectivity index (χ1v) is 6.88. The topological polar surface area (TPSA) is 40.5 Å². The fourth-order valence-electron chi connectivity index (χ4n) is 1.98. The van der Waals surface area contributed by atoms with Crippen LogP contribution in [0.1, 0.15) is 12.5 Å². The van der Waals surface area contributed by atoms with Crippen LogP contribution in [0.5, 0.6) is 5.75 Å². The standard InChI is InChI=1S/C13H17NO2S/c1-10-9-14(6-7-17-10)13(16)8-11-4-2-3-5-12(11)15/h2-5,10,15H,6-9H2,1H3. The van der Waals surface area contributed by atoms with Gasteiger partial charge in [-0.2, -0.15) is 11.8 Å². The Labute approximate surface area is 106 Å². The van der Waals surface area contributed by atoms with Crippen LogP contribution in [-0.2, 0) is 11.2 Å². The molecule has 1 heterocycles. The van der Waals surface area contributed by atoms with Gasteiger partial charge < -0.3 is 10.0 Å². The van der Waals surface area contributed by atoms with Gasteiger partial charge in [0.2, 0.25) is 5.91 Å². The summed E-state index contributed by atoms with van der Waals surface area (Å²) in [7, 11) is 0. The van der Waals surface area contributed by atoms with Crippen LogP contribution in [0.3, 0.4) is 0 Å². The summed E-state index contributed by atoms with van der Waals surface area (Å²) in [5, 5.41) is 10.1. The van der Waals surface area contributed by atoms with Crippen molar-refractivity contribution in [3.05, 3.63) is 29.8 Å². The Morgan fingerprint density at radius 3 is 3.00 bits per heavy atom. The quantitative estimate of drug-likeness (QED) is 0.872. The Balaban J connectivity index is 1.99. The fraction of sp³-hybridized carbons (Fsp3) is 0.462. The number of nitrogens with zero attached hydrogens (tertiary/aromatic N) is 1. The zero-order valence-electron chi connectivity index (χ0n) is 9.93. The second-order valence-corrected chi connectivity index (χ2v) is 5.87. The van der Waals surface area contributed by atoms with Gasteiger partial charge >= 0.3 is 0 Å². The van der Waals surface area contributed by atoms with Crippen LogP contribution in [0.4, 0.5) is 0 Å². The molecule has 0 saturated carbocycles. The lowest BCUT2D eigenvalue weighted by molar-refractivity contribution is -0.130. The Bertz CT molecular complexity index is 408. The minimum absolute atomic E-state index is 0.110. The number of hydrogen-bond acceptors (Lipinski definition) is 3. The summed E-state index contributed by atoms with van der Waals surface area (Å²) in [6.07, 6.45) is 0.296. The van der Waals surface area contributed by atoms with Crippen molar-refractivity contribution in [2.75, 3.05) is 18.8 Å². The number of thioether (sulfide) groups is 1. The third-order valence-corrected chi connectivity index (χ3v) is 4.06. The van der Waals surface area contributed by atoms with Crippen molar-refractivity contribution in [3.63, 3.8) is 0 Å². The van der Waals surface area contributed by atoms with E-state index in [0.717, 1.165) is 18.8 Å². The van der Waals surface area contributed by atoms with Gasteiger partial charge in [0, 0.05) is 29.7 Å². The number of phenols is 1. The number of phenolic OH excluding ortho intramolecular Hbond substituents is 1. The molecule has 0 spiro atoms. The van der Waals surface area contributed by atoms with Crippen molar-refractivity contribution < 1.29 is 9.90 Å². The van der Waals surface area contributed by atoms with Crippen molar-refractivity contribution in [3.8, 4) is 5.75 Å². The summed E-state index contributed by atoms with van der Waals surface area (Å²) in [6.45, 7) is 3.78. The van der Waals surface area contributed by atoms with Gasteiger partial charge in [0.25, 0.3) is 0 Å². The Morgan fingerprint density at radius 2 is 2.29 bits per heavy atom. The molecule has 92 valence electrons. The van der Waals surface area contributed by atoms with E-state index in [9.17, 15) is 9.90 Å². The monoisotopic (exact) mass is 251 g/mol. The zero-order valence-corrected chi connectivity index (χ0v) is 10.7. The van der Waals surface area contributed by atoms with E-state index in [1.54, 1.807) is 18.2 Å². The van der Waals surface area contributed by atoms with E-state index in [1.807, 2.05) is 22.7 Å². The van der Waals surface area contributed by atoms with Crippen LogP contribution in [0.15, 0.2) is 24.3 Å². The first kappa shape index (κ1) is 12.3. The lowest BCUT2D eigenvalue weighted by atomic mass is 10.1. The maximum Gasteiger partial charge on any atom is 0.227 e. The second kappa shape index (κ2) is 5.45. The number of carbonyl (C=O) groups is 1. The highest BCUT2D eigenvalue weighted by atomic mass is 32.2. The summed E-state index contributed by atoms with van der Waals surface area (Å²) in [5.41, 5.74) is 0.711. The molecule has 17 heavy (non-hydrogen) atoms. The van der Waals surface area contributed by atoms with E-state index in [2.05, 4.69) is 6.92 Å². The SMILES string of the molecule is CC1CN(C(=O)Cc2ccccc2O)CCS1. The third kappa shape index (κ3) is 3.16. The molecular weight excluding hydrogens is 234 g/mol. The molecule has 3 nitrogen and oxygen atoms in total. The molecule has 1 atom stereocenters. The third-order valence-electron chi connectivity index (χ3n) is 2.93. The van der Waals surface area contributed by atoms with Crippen molar-refractivity contribution in [2.45, 2.75) is 18.6 Å². The van der Waals surface area contributed by atoms with Crippen LogP contribution >= 0.6 is 11.8 Å². The minimum atomic E-state index is 0.110. The van der Waals surface area contributed by atoms with Gasteiger partial charge in [-0.15, -0.1) is 0 Å². The molecule has 2 rings (SSSR count). The highest BCUT2D eigenvalue weighted by Gasteiger charge is 2.21. The number of aromatic hydroxyl groups is 1. The Kier molecular flexibility index (Phi) is 3.94. The highest BCUT2D eigenvalue weighted by molar-refractivity contribution is 7.99. The first-order chi connectivity index (χ1) is 8.16. The van der Waals surface area contributed by atoms with E-state index in [1.165, 1.54) is 0 Å². The van der Waals surface area contributed by atoms with Crippen molar-refractivity contribution in [1.29, 1.82) is 0 Å². The molecule has 0 radical (unpaired) electrons. The largest absolute Gasteiger partial charge is 0.508 e. The number of carbonyl (C=O) groups excluding carboxylic acids is 1. The molecule has 0 aromatic heterocycles. The predicted molar refractivity (Wildman–Crippen MR) is 70.3 cm³/mol. The summed E-state index contributed by atoms with van der Waals surface area (Å²) < 4.78 is 0. The number of benzene rings is 1. The number of para-hydroxylation sites is 1. The molecule has 1 amide bonds. The molecular formula is C13H17NO2S.